The Labute approximate surface area is 157 Å². The van der Waals surface area contributed by atoms with Crippen molar-refractivity contribution in [1.82, 2.24) is 0 Å². The molecule has 0 aliphatic carbocycles. The van der Waals surface area contributed by atoms with Gasteiger partial charge in [0.1, 0.15) is 0 Å². The van der Waals surface area contributed by atoms with Crippen molar-refractivity contribution in [2.24, 2.45) is 0 Å². The van der Waals surface area contributed by atoms with E-state index in [4.69, 9.17) is 6.15 Å². The van der Waals surface area contributed by atoms with Gasteiger partial charge in [0, 0.05) is 0 Å². The van der Waals surface area contributed by atoms with Gasteiger partial charge in [0.2, 0.25) is 0 Å². The Bertz CT molecular complexity index is 180. The minimum atomic E-state index is -0.955. The molecule has 0 fully saturated rings. The molecule has 0 aromatic rings. The fraction of sp³-hybridized carbons (Fsp3) is 1.00. The van der Waals surface area contributed by atoms with Crippen LogP contribution in [0, 0.1) is 0 Å². The van der Waals surface area contributed by atoms with Crippen LogP contribution in [0.1, 0.15) is 117 Å². The number of hydrogen-bond donors (Lipinski definition) is 0. The van der Waals surface area contributed by atoms with Crippen molar-refractivity contribution in [1.29, 1.82) is 0 Å². The second-order valence-corrected chi connectivity index (χ2v) is 8.85. The second-order valence-electron chi connectivity index (χ2n) is 6.73. The van der Waals surface area contributed by atoms with E-state index in [1.54, 1.807) is 0 Å². The monoisotopic (exact) mass is 434 g/mol. The molecule has 0 N–H and O–H groups in total. The predicted octanol–water partition coefficient (Wildman–Crippen LogP) is 6.84. The summed E-state index contributed by atoms with van der Waals surface area (Å²) in [5.74, 6) is 0. The van der Waals surface area contributed by atoms with Gasteiger partial charge in [-0.1, -0.05) is 0 Å². The molecule has 0 aromatic carbocycles. The van der Waals surface area contributed by atoms with Gasteiger partial charge in [0.15, 0.2) is 0 Å². The number of unbranched alkanes of at least 4 members (excludes halogenated alkanes) is 14. The van der Waals surface area contributed by atoms with E-state index in [9.17, 15) is 0 Å². The van der Waals surface area contributed by atoms with Crippen molar-refractivity contribution in [3.63, 3.8) is 0 Å². The summed E-state index contributed by atoms with van der Waals surface area (Å²) in [5, 5.41) is 0. The summed E-state index contributed by atoms with van der Waals surface area (Å²) in [6, 6.07) is 0. The molecule has 0 unspecified atom stereocenters. The Hall–Kier alpha value is 0.719. The molecule has 0 aliphatic heterocycles. The molecule has 0 amide bonds. The molecule has 2 radical (unpaired) electrons. The molecule has 0 atom stereocenters. The first kappa shape index (κ1) is 23.7. The Morgan fingerprint density at radius 2 is 0.739 bits per heavy atom. The summed E-state index contributed by atoms with van der Waals surface area (Å²) in [6.45, 7) is 6.44. The molecule has 3 heteroatoms. The van der Waals surface area contributed by atoms with Gasteiger partial charge in [-0.15, -0.1) is 0 Å². The molecule has 0 saturated carbocycles. The molecular formula is C20H42O2Sn. The Kier molecular flexibility index (Phi) is 23.4. The third-order valence-corrected chi connectivity index (χ3v) is 6.16. The van der Waals surface area contributed by atoms with Crippen LogP contribution in [0.2, 0.25) is 0 Å². The first-order chi connectivity index (χ1) is 11.4. The van der Waals surface area contributed by atoms with Gasteiger partial charge < -0.3 is 0 Å². The van der Waals surface area contributed by atoms with Crippen LogP contribution in [0.5, 0.6) is 0 Å². The van der Waals surface area contributed by atoms with Gasteiger partial charge in [0.25, 0.3) is 0 Å². The molecule has 0 aliphatic rings. The van der Waals surface area contributed by atoms with Crippen LogP contribution in [0.25, 0.3) is 0 Å². The molecule has 0 aromatic heterocycles. The zero-order chi connectivity index (χ0) is 16.8. The Morgan fingerprint density at radius 1 is 0.435 bits per heavy atom. The summed E-state index contributed by atoms with van der Waals surface area (Å²) in [7, 11) is 0. The van der Waals surface area contributed by atoms with Crippen LogP contribution < -0.4 is 0 Å². The van der Waals surface area contributed by atoms with E-state index in [0.29, 0.717) is 0 Å². The standard InChI is InChI=1S/2C10H21O.Sn/c2*1-2-3-4-5-6-7-8-9-10-11;/h2*2-10H2,1H3;/q2*-1;+2. The van der Waals surface area contributed by atoms with E-state index in [1.807, 2.05) is 0 Å². The first-order valence-electron chi connectivity index (χ1n) is 10.4. The molecular weight excluding hydrogens is 391 g/mol. The zero-order valence-electron chi connectivity index (χ0n) is 16.0. The third kappa shape index (κ3) is 22.7. The summed E-state index contributed by atoms with van der Waals surface area (Å²) < 4.78 is 11.4. The molecule has 0 heterocycles. The van der Waals surface area contributed by atoms with E-state index in [-0.39, 0.29) is 0 Å². The van der Waals surface area contributed by atoms with Crippen molar-refractivity contribution in [2.45, 2.75) is 117 Å². The molecule has 23 heavy (non-hydrogen) atoms. The van der Waals surface area contributed by atoms with E-state index >= 15 is 0 Å². The van der Waals surface area contributed by atoms with Crippen LogP contribution >= 0.6 is 0 Å². The van der Waals surface area contributed by atoms with Crippen LogP contribution in [-0.4, -0.2) is 35.2 Å². The van der Waals surface area contributed by atoms with E-state index in [1.165, 1.54) is 103 Å². The Balaban J connectivity index is 2.92. The SMILES string of the molecule is CCCCCCCCCC[O][Sn][O]CCCCCCCCCC. The molecule has 138 valence electrons. The summed E-state index contributed by atoms with van der Waals surface area (Å²) >= 11 is -0.955. The third-order valence-electron chi connectivity index (χ3n) is 4.32. The second kappa shape index (κ2) is 22.7. The topological polar surface area (TPSA) is 18.5 Å². The van der Waals surface area contributed by atoms with E-state index < -0.39 is 22.0 Å². The van der Waals surface area contributed by atoms with Gasteiger partial charge in [0.05, 0.1) is 0 Å². The van der Waals surface area contributed by atoms with Crippen LogP contribution in [0.3, 0.4) is 0 Å². The van der Waals surface area contributed by atoms with Crippen molar-refractivity contribution in [3.8, 4) is 0 Å². The average Bonchev–Trinajstić information content (AvgIpc) is 2.57. The van der Waals surface area contributed by atoms with Crippen LogP contribution in [0.15, 0.2) is 0 Å². The molecule has 0 saturated heterocycles. The Morgan fingerprint density at radius 3 is 1.09 bits per heavy atom. The maximum absolute atomic E-state index is 5.70. The predicted molar refractivity (Wildman–Crippen MR) is 103 cm³/mol. The quantitative estimate of drug-likeness (QED) is 0.155. The minimum absolute atomic E-state index is 0.943. The van der Waals surface area contributed by atoms with Gasteiger partial charge >= 0.3 is 158 Å². The average molecular weight is 433 g/mol. The maximum atomic E-state index is 5.70. The zero-order valence-corrected chi connectivity index (χ0v) is 18.9. The molecule has 0 spiro atoms. The molecule has 0 rings (SSSR count). The van der Waals surface area contributed by atoms with Gasteiger partial charge in [-0.25, -0.2) is 0 Å². The fourth-order valence-corrected chi connectivity index (χ4v) is 4.28. The van der Waals surface area contributed by atoms with E-state index in [0.717, 1.165) is 13.2 Å². The normalized spacial score (nSPS) is 11.2. The van der Waals surface area contributed by atoms with E-state index in [2.05, 4.69) is 13.8 Å². The van der Waals surface area contributed by atoms with Crippen molar-refractivity contribution in [3.05, 3.63) is 0 Å². The first-order valence-corrected chi connectivity index (χ1v) is 12.7. The van der Waals surface area contributed by atoms with Crippen molar-refractivity contribution >= 4 is 22.0 Å². The fourth-order valence-electron chi connectivity index (χ4n) is 2.74. The summed E-state index contributed by atoms with van der Waals surface area (Å²) in [5.41, 5.74) is 0. The van der Waals surface area contributed by atoms with Crippen LogP contribution in [0.4, 0.5) is 0 Å². The summed E-state index contributed by atoms with van der Waals surface area (Å²) in [4.78, 5) is 0. The van der Waals surface area contributed by atoms with Gasteiger partial charge in [-0.05, 0) is 0 Å². The molecule has 0 bridgehead atoms. The van der Waals surface area contributed by atoms with Crippen molar-refractivity contribution in [2.75, 3.05) is 13.2 Å². The summed E-state index contributed by atoms with van der Waals surface area (Å²) in [6.07, 6.45) is 21.9. The van der Waals surface area contributed by atoms with Gasteiger partial charge in [-0.2, -0.15) is 0 Å². The van der Waals surface area contributed by atoms with Gasteiger partial charge in [-0.3, -0.25) is 0 Å². The van der Waals surface area contributed by atoms with Crippen molar-refractivity contribution < 1.29 is 6.15 Å². The molecule has 2 nitrogen and oxygen atoms in total. The number of rotatable bonds is 20. The number of hydrogen-bond acceptors (Lipinski definition) is 2. The van der Waals surface area contributed by atoms with Crippen LogP contribution in [-0.2, 0) is 6.15 Å².